The van der Waals surface area contributed by atoms with Crippen LogP contribution in [0.4, 0.5) is 11.4 Å². The molecular formula is C25H28N2O5S. The van der Waals surface area contributed by atoms with Crippen molar-refractivity contribution in [3.63, 3.8) is 0 Å². The highest BCUT2D eigenvalue weighted by atomic mass is 32.2. The molecule has 0 aromatic heterocycles. The van der Waals surface area contributed by atoms with E-state index in [1.165, 1.54) is 18.2 Å². The normalized spacial score (nSPS) is 11.3. The average Bonchev–Trinajstić information content (AvgIpc) is 2.79. The highest BCUT2D eigenvalue weighted by molar-refractivity contribution is 7.92. The molecule has 1 amide bonds. The van der Waals surface area contributed by atoms with Gasteiger partial charge in [-0.2, -0.15) is 0 Å². The number of nitrogens with one attached hydrogen (secondary N) is 2. The van der Waals surface area contributed by atoms with Gasteiger partial charge in [0.05, 0.1) is 24.2 Å². The van der Waals surface area contributed by atoms with Crippen LogP contribution >= 0.6 is 0 Å². The first-order valence-electron chi connectivity index (χ1n) is 10.6. The maximum Gasteiger partial charge on any atom is 0.261 e. The molecule has 8 heteroatoms. The first-order chi connectivity index (χ1) is 15.8. The number of hydrogen-bond acceptors (Lipinski definition) is 5. The van der Waals surface area contributed by atoms with Crippen molar-refractivity contribution in [2.75, 3.05) is 16.6 Å². The summed E-state index contributed by atoms with van der Waals surface area (Å²) in [5.74, 6) is 0.244. The summed E-state index contributed by atoms with van der Waals surface area (Å²) >= 11 is 0. The first kappa shape index (κ1) is 24.3. The average molecular weight is 469 g/mol. The molecule has 2 N–H and O–H groups in total. The topological polar surface area (TPSA) is 93.7 Å². The number of anilines is 2. The van der Waals surface area contributed by atoms with E-state index in [1.54, 1.807) is 36.4 Å². The van der Waals surface area contributed by atoms with Crippen LogP contribution in [0.1, 0.15) is 36.7 Å². The van der Waals surface area contributed by atoms with Gasteiger partial charge in [0.1, 0.15) is 5.75 Å². The molecule has 0 aliphatic heterocycles. The fourth-order valence-corrected chi connectivity index (χ4v) is 4.11. The molecule has 33 heavy (non-hydrogen) atoms. The zero-order valence-corrected chi connectivity index (χ0v) is 19.7. The van der Waals surface area contributed by atoms with Gasteiger partial charge in [0.25, 0.3) is 15.9 Å². The Labute approximate surface area is 194 Å². The van der Waals surface area contributed by atoms with E-state index >= 15 is 0 Å². The minimum Gasteiger partial charge on any atom is -0.494 e. The summed E-state index contributed by atoms with van der Waals surface area (Å²) in [7, 11) is -3.88. The van der Waals surface area contributed by atoms with Crippen LogP contribution in [0.25, 0.3) is 0 Å². The van der Waals surface area contributed by atoms with Gasteiger partial charge in [-0.25, -0.2) is 8.42 Å². The number of benzene rings is 3. The molecule has 0 aliphatic rings. The van der Waals surface area contributed by atoms with E-state index < -0.39 is 15.9 Å². The number of rotatable bonds is 10. The van der Waals surface area contributed by atoms with Gasteiger partial charge in [0, 0.05) is 16.9 Å². The zero-order chi connectivity index (χ0) is 23.8. The van der Waals surface area contributed by atoms with Gasteiger partial charge in [-0.1, -0.05) is 18.2 Å². The van der Waals surface area contributed by atoms with Crippen LogP contribution in [0.3, 0.4) is 0 Å². The van der Waals surface area contributed by atoms with Gasteiger partial charge in [-0.05, 0) is 80.9 Å². The predicted octanol–water partition coefficient (Wildman–Crippen LogP) is 5.06. The largest absolute Gasteiger partial charge is 0.494 e. The van der Waals surface area contributed by atoms with Crippen LogP contribution < -0.4 is 14.8 Å². The fraction of sp³-hybridized carbons (Fsp3) is 0.240. The minimum atomic E-state index is -3.88. The first-order valence-corrected chi connectivity index (χ1v) is 12.1. The van der Waals surface area contributed by atoms with Crippen molar-refractivity contribution in [1.29, 1.82) is 0 Å². The molecule has 7 nitrogen and oxygen atoms in total. The predicted molar refractivity (Wildman–Crippen MR) is 129 cm³/mol. The molecule has 0 heterocycles. The molecular weight excluding hydrogens is 440 g/mol. The van der Waals surface area contributed by atoms with E-state index in [1.807, 2.05) is 39.0 Å². The molecule has 0 fully saturated rings. The Hall–Kier alpha value is -3.36. The highest BCUT2D eigenvalue weighted by Gasteiger charge is 2.17. The Bertz CT molecular complexity index is 1190. The van der Waals surface area contributed by atoms with Crippen molar-refractivity contribution >= 4 is 27.3 Å². The zero-order valence-electron chi connectivity index (χ0n) is 18.9. The maximum atomic E-state index is 12.8. The third-order valence-electron chi connectivity index (χ3n) is 4.59. The maximum absolute atomic E-state index is 12.8. The molecule has 3 aromatic rings. The van der Waals surface area contributed by atoms with Gasteiger partial charge in [-0.3, -0.25) is 9.52 Å². The van der Waals surface area contributed by atoms with E-state index in [2.05, 4.69) is 10.0 Å². The molecule has 3 aromatic carbocycles. The molecule has 3 rings (SSSR count). The van der Waals surface area contributed by atoms with Crippen LogP contribution in [-0.4, -0.2) is 27.0 Å². The van der Waals surface area contributed by atoms with Gasteiger partial charge in [0.2, 0.25) is 0 Å². The fourth-order valence-electron chi connectivity index (χ4n) is 3.01. The second kappa shape index (κ2) is 11.0. The molecule has 174 valence electrons. The number of sulfonamides is 1. The van der Waals surface area contributed by atoms with Crippen molar-refractivity contribution in [2.24, 2.45) is 0 Å². The van der Waals surface area contributed by atoms with Crippen molar-refractivity contribution < 1.29 is 22.7 Å². The standard InChI is InChI=1S/C25H28N2O5S/c1-4-31-23-13-11-21(12-14-23)27-33(29,30)24-10-6-8-20(16-24)25(28)26-22-9-5-7-19(15-22)17-32-18(2)3/h5-16,18,27H,4,17H2,1-3H3,(H,26,28). The van der Waals surface area contributed by atoms with Crippen LogP contribution in [-0.2, 0) is 21.4 Å². The van der Waals surface area contributed by atoms with Crippen LogP contribution in [0.2, 0.25) is 0 Å². The Morgan fingerprint density at radius 2 is 1.67 bits per heavy atom. The third kappa shape index (κ3) is 7.06. The second-order valence-electron chi connectivity index (χ2n) is 7.60. The smallest absolute Gasteiger partial charge is 0.261 e. The summed E-state index contributed by atoms with van der Waals surface area (Å²) in [6, 6.07) is 19.8. The highest BCUT2D eigenvalue weighted by Crippen LogP contribution is 2.21. The number of carbonyl (C=O) groups is 1. The van der Waals surface area contributed by atoms with Gasteiger partial charge in [-0.15, -0.1) is 0 Å². The number of carbonyl (C=O) groups excluding carboxylic acids is 1. The molecule has 0 radical (unpaired) electrons. The number of hydrogen-bond donors (Lipinski definition) is 2. The van der Waals surface area contributed by atoms with Crippen molar-refractivity contribution in [3.8, 4) is 5.75 Å². The van der Waals surface area contributed by atoms with Crippen molar-refractivity contribution in [1.82, 2.24) is 0 Å². The quantitative estimate of drug-likeness (QED) is 0.434. The lowest BCUT2D eigenvalue weighted by atomic mass is 10.2. The molecule has 0 aliphatic carbocycles. The second-order valence-corrected chi connectivity index (χ2v) is 9.29. The van der Waals surface area contributed by atoms with Crippen LogP contribution in [0.15, 0.2) is 77.7 Å². The Morgan fingerprint density at radius 3 is 2.36 bits per heavy atom. The van der Waals surface area contributed by atoms with E-state index in [-0.39, 0.29) is 16.6 Å². The number of ether oxygens (including phenoxy) is 2. The summed E-state index contributed by atoms with van der Waals surface area (Å²) in [4.78, 5) is 12.7. The molecule has 0 atom stereocenters. The summed E-state index contributed by atoms with van der Waals surface area (Å²) < 4.78 is 39.1. The lowest BCUT2D eigenvalue weighted by Crippen LogP contribution is -2.16. The van der Waals surface area contributed by atoms with Crippen LogP contribution in [0, 0.1) is 0 Å². The van der Waals surface area contributed by atoms with Gasteiger partial charge >= 0.3 is 0 Å². The van der Waals surface area contributed by atoms with Crippen LogP contribution in [0.5, 0.6) is 5.75 Å². The Kier molecular flexibility index (Phi) is 8.08. The lowest BCUT2D eigenvalue weighted by Gasteiger charge is -2.11. The lowest BCUT2D eigenvalue weighted by molar-refractivity contribution is 0.0657. The Balaban J connectivity index is 1.71. The summed E-state index contributed by atoms with van der Waals surface area (Å²) in [6.45, 7) is 6.74. The SMILES string of the molecule is CCOc1ccc(NS(=O)(=O)c2cccc(C(=O)Nc3cccc(COC(C)C)c3)c2)cc1. The van der Waals surface area contributed by atoms with E-state index in [9.17, 15) is 13.2 Å². The monoisotopic (exact) mass is 468 g/mol. The van der Waals surface area contributed by atoms with Gasteiger partial charge < -0.3 is 14.8 Å². The summed E-state index contributed by atoms with van der Waals surface area (Å²) in [6.07, 6.45) is 0.101. The van der Waals surface area contributed by atoms with Crippen molar-refractivity contribution in [3.05, 3.63) is 83.9 Å². The van der Waals surface area contributed by atoms with E-state index in [0.717, 1.165) is 5.56 Å². The molecule has 0 spiro atoms. The van der Waals surface area contributed by atoms with E-state index in [4.69, 9.17) is 9.47 Å². The summed E-state index contributed by atoms with van der Waals surface area (Å²) in [5, 5.41) is 2.81. The third-order valence-corrected chi connectivity index (χ3v) is 5.97. The Morgan fingerprint density at radius 1 is 0.939 bits per heavy atom. The molecule has 0 saturated carbocycles. The van der Waals surface area contributed by atoms with Crippen molar-refractivity contribution in [2.45, 2.75) is 38.4 Å². The number of amides is 1. The van der Waals surface area contributed by atoms with Gasteiger partial charge in [0.15, 0.2) is 0 Å². The molecule has 0 bridgehead atoms. The molecule has 0 saturated heterocycles. The minimum absolute atomic E-state index is 0.0110. The summed E-state index contributed by atoms with van der Waals surface area (Å²) in [5.41, 5.74) is 2.16. The van der Waals surface area contributed by atoms with E-state index in [0.29, 0.717) is 30.3 Å². The molecule has 0 unspecified atom stereocenters.